The number of fused-ring (bicyclic) bond motifs is 4. The Kier molecular flexibility index (Phi) is 5.98. The summed E-state index contributed by atoms with van der Waals surface area (Å²) in [6.45, 7) is 3.77. The molecule has 112 valence electrons. The first kappa shape index (κ1) is 16.0. The summed E-state index contributed by atoms with van der Waals surface area (Å²) in [6.07, 6.45) is 2.41. The highest BCUT2D eigenvalue weighted by molar-refractivity contribution is 5.89. The molecule has 0 radical (unpaired) electrons. The van der Waals surface area contributed by atoms with Crippen molar-refractivity contribution in [1.82, 2.24) is 9.80 Å². The summed E-state index contributed by atoms with van der Waals surface area (Å²) in [7, 11) is 0. The maximum absolute atomic E-state index is 10.8. The zero-order valence-corrected chi connectivity index (χ0v) is 10.9. The van der Waals surface area contributed by atoms with E-state index < -0.39 is 18.0 Å². The number of hydrogen-bond acceptors (Lipinski definition) is 4. The molecule has 0 aromatic heterocycles. The van der Waals surface area contributed by atoms with Gasteiger partial charge in [-0.15, -0.1) is 0 Å². The third-order valence-corrected chi connectivity index (χ3v) is 3.27. The van der Waals surface area contributed by atoms with Gasteiger partial charge in [0.15, 0.2) is 0 Å². The van der Waals surface area contributed by atoms with E-state index in [2.05, 4.69) is 4.90 Å². The van der Waals surface area contributed by atoms with Crippen molar-refractivity contribution < 1.29 is 29.7 Å². The molecule has 3 saturated heterocycles. The van der Waals surface area contributed by atoms with Crippen LogP contribution in [0, 0.1) is 0 Å². The SMILES string of the molecule is O=C(O)/C=C/C(=O)O.O=C(O)N1CCN2CCC1CC2. The lowest BCUT2D eigenvalue weighted by Gasteiger charge is -2.29. The number of nitrogens with zero attached hydrogens (tertiary/aromatic N) is 2. The number of amides is 1. The highest BCUT2D eigenvalue weighted by Gasteiger charge is 2.31. The fourth-order valence-electron chi connectivity index (χ4n) is 2.28. The number of piperidine rings is 1. The third kappa shape index (κ3) is 5.27. The quantitative estimate of drug-likeness (QED) is 0.618. The molecule has 3 N–H and O–H groups in total. The maximum Gasteiger partial charge on any atom is 0.407 e. The molecule has 8 nitrogen and oxygen atoms in total. The minimum atomic E-state index is -1.26. The van der Waals surface area contributed by atoms with Crippen molar-refractivity contribution in [3.05, 3.63) is 12.2 Å². The van der Waals surface area contributed by atoms with Crippen LogP contribution in [0.5, 0.6) is 0 Å². The highest BCUT2D eigenvalue weighted by atomic mass is 16.4. The Labute approximate surface area is 115 Å². The van der Waals surface area contributed by atoms with Gasteiger partial charge in [0, 0.05) is 44.4 Å². The van der Waals surface area contributed by atoms with Gasteiger partial charge in [-0.1, -0.05) is 0 Å². The minimum absolute atomic E-state index is 0.293. The Morgan fingerprint density at radius 2 is 1.35 bits per heavy atom. The smallest absolute Gasteiger partial charge is 0.407 e. The van der Waals surface area contributed by atoms with Crippen LogP contribution in [0.4, 0.5) is 4.79 Å². The predicted molar refractivity (Wildman–Crippen MR) is 68.6 cm³/mol. The number of rotatable bonds is 2. The maximum atomic E-state index is 10.8. The lowest BCUT2D eigenvalue weighted by Crippen LogP contribution is -2.40. The Morgan fingerprint density at radius 1 is 0.850 bits per heavy atom. The molecule has 3 rings (SSSR count). The minimum Gasteiger partial charge on any atom is -0.478 e. The number of carbonyl (C=O) groups is 3. The van der Waals surface area contributed by atoms with E-state index in [1.807, 2.05) is 0 Å². The van der Waals surface area contributed by atoms with E-state index in [-0.39, 0.29) is 0 Å². The highest BCUT2D eigenvalue weighted by Crippen LogP contribution is 2.20. The Bertz CT molecular complexity index is 385. The molecular formula is C12H18N2O6. The molecule has 0 atom stereocenters. The van der Waals surface area contributed by atoms with Gasteiger partial charge in [0.1, 0.15) is 0 Å². The molecule has 1 amide bonds. The zero-order chi connectivity index (χ0) is 15.1. The van der Waals surface area contributed by atoms with E-state index in [0.717, 1.165) is 32.5 Å². The molecule has 20 heavy (non-hydrogen) atoms. The normalized spacial score (nSPS) is 24.7. The van der Waals surface area contributed by atoms with Crippen LogP contribution in [0.2, 0.25) is 0 Å². The van der Waals surface area contributed by atoms with E-state index in [9.17, 15) is 14.4 Å². The summed E-state index contributed by atoms with van der Waals surface area (Å²) < 4.78 is 0. The van der Waals surface area contributed by atoms with Crippen LogP contribution >= 0.6 is 0 Å². The van der Waals surface area contributed by atoms with E-state index in [0.29, 0.717) is 24.7 Å². The van der Waals surface area contributed by atoms with Crippen molar-refractivity contribution in [1.29, 1.82) is 0 Å². The average molecular weight is 286 g/mol. The number of carboxylic acid groups (broad SMARTS) is 3. The van der Waals surface area contributed by atoms with Gasteiger partial charge in [0.2, 0.25) is 0 Å². The van der Waals surface area contributed by atoms with Gasteiger partial charge in [-0.25, -0.2) is 14.4 Å². The zero-order valence-electron chi connectivity index (χ0n) is 10.9. The third-order valence-electron chi connectivity index (χ3n) is 3.27. The molecule has 3 fully saturated rings. The molecule has 3 heterocycles. The molecule has 2 bridgehead atoms. The van der Waals surface area contributed by atoms with Gasteiger partial charge in [-0.2, -0.15) is 0 Å². The van der Waals surface area contributed by atoms with Crippen molar-refractivity contribution in [2.45, 2.75) is 18.9 Å². The van der Waals surface area contributed by atoms with Crippen molar-refractivity contribution in [3.63, 3.8) is 0 Å². The second-order valence-electron chi connectivity index (χ2n) is 4.56. The van der Waals surface area contributed by atoms with Gasteiger partial charge in [-0.05, 0) is 12.8 Å². The second-order valence-corrected chi connectivity index (χ2v) is 4.56. The van der Waals surface area contributed by atoms with Crippen LogP contribution in [0.25, 0.3) is 0 Å². The molecular weight excluding hydrogens is 268 g/mol. The fourth-order valence-corrected chi connectivity index (χ4v) is 2.28. The van der Waals surface area contributed by atoms with E-state index in [4.69, 9.17) is 15.3 Å². The standard InChI is InChI=1S/C8H14N2O2.C4H4O4/c11-8(12)10-6-5-9-3-1-7(10)2-4-9;5-3(6)1-2-4(7)8/h7H,1-6H2,(H,11,12);1-2H,(H,5,6)(H,7,8)/b;2-1+. The average Bonchev–Trinajstić information content (AvgIpc) is 2.70. The summed E-state index contributed by atoms with van der Waals surface area (Å²) in [5.41, 5.74) is 0. The van der Waals surface area contributed by atoms with Crippen molar-refractivity contribution in [3.8, 4) is 0 Å². The molecule has 0 aromatic carbocycles. The van der Waals surface area contributed by atoms with Gasteiger partial charge < -0.3 is 25.1 Å². The number of hydrogen-bond donors (Lipinski definition) is 3. The van der Waals surface area contributed by atoms with Gasteiger partial charge in [-0.3, -0.25) is 0 Å². The monoisotopic (exact) mass is 286 g/mol. The lowest BCUT2D eigenvalue weighted by atomic mass is 10.1. The van der Waals surface area contributed by atoms with Crippen LogP contribution in [0.15, 0.2) is 12.2 Å². The van der Waals surface area contributed by atoms with E-state index in [1.54, 1.807) is 4.90 Å². The van der Waals surface area contributed by atoms with E-state index in [1.165, 1.54) is 0 Å². The first-order chi connectivity index (χ1) is 9.40. The predicted octanol–water partition coefficient (Wildman–Crippen LogP) is 0.156. The molecule has 0 saturated carbocycles. The van der Waals surface area contributed by atoms with E-state index >= 15 is 0 Å². The summed E-state index contributed by atoms with van der Waals surface area (Å²) in [4.78, 5) is 33.9. The van der Waals surface area contributed by atoms with Crippen LogP contribution < -0.4 is 0 Å². The molecule has 0 spiro atoms. The molecule has 3 aliphatic rings. The van der Waals surface area contributed by atoms with Crippen LogP contribution in [-0.2, 0) is 9.59 Å². The lowest BCUT2D eigenvalue weighted by molar-refractivity contribution is -0.134. The Hall–Kier alpha value is -2.09. The fraction of sp³-hybridized carbons (Fsp3) is 0.583. The van der Waals surface area contributed by atoms with Gasteiger partial charge in [0.25, 0.3) is 0 Å². The summed E-state index contributed by atoms with van der Waals surface area (Å²) in [5, 5.41) is 24.5. The first-order valence-electron chi connectivity index (χ1n) is 6.26. The van der Waals surface area contributed by atoms with Crippen molar-refractivity contribution in [2.75, 3.05) is 26.2 Å². The molecule has 8 heteroatoms. The largest absolute Gasteiger partial charge is 0.478 e. The number of aliphatic carboxylic acids is 2. The van der Waals surface area contributed by atoms with Crippen LogP contribution in [0.1, 0.15) is 12.8 Å². The molecule has 3 aliphatic heterocycles. The number of carboxylic acids is 2. The van der Waals surface area contributed by atoms with Crippen LogP contribution in [-0.4, -0.2) is 75.4 Å². The topological polar surface area (TPSA) is 118 Å². The summed E-state index contributed by atoms with van der Waals surface area (Å²) in [6, 6.07) is 0.293. The van der Waals surface area contributed by atoms with Crippen molar-refractivity contribution >= 4 is 18.0 Å². The second kappa shape index (κ2) is 7.49. The molecule has 0 unspecified atom stereocenters. The molecule has 0 aliphatic carbocycles. The summed E-state index contributed by atoms with van der Waals surface area (Å²) in [5.74, 6) is -2.51. The Balaban J connectivity index is 0.000000221. The first-order valence-corrected chi connectivity index (χ1v) is 6.26. The summed E-state index contributed by atoms with van der Waals surface area (Å²) >= 11 is 0. The Morgan fingerprint density at radius 3 is 1.75 bits per heavy atom. The van der Waals surface area contributed by atoms with Crippen LogP contribution in [0.3, 0.4) is 0 Å². The van der Waals surface area contributed by atoms with Gasteiger partial charge >= 0.3 is 18.0 Å². The van der Waals surface area contributed by atoms with Gasteiger partial charge in [0.05, 0.1) is 0 Å². The van der Waals surface area contributed by atoms with Crippen molar-refractivity contribution in [2.24, 2.45) is 0 Å². The molecule has 0 aromatic rings.